The van der Waals surface area contributed by atoms with Crippen molar-refractivity contribution in [2.45, 2.75) is 57.5 Å². The van der Waals surface area contributed by atoms with E-state index < -0.39 is 0 Å². The maximum Gasteiger partial charge on any atom is 0.338 e. The van der Waals surface area contributed by atoms with Gasteiger partial charge in [0.05, 0.1) is 17.2 Å². The second-order valence-corrected chi connectivity index (χ2v) is 7.06. The first-order valence-electron chi connectivity index (χ1n) is 9.49. The standard InChI is InChI=1S/C23H25NO2/c1-2-3-17-4-8-19(9-5-17)20-12-14-22(15-13-20)26-23(25)21-10-6-18(16-24)7-11-21/h4-11,20,22H,2-3,12-15H2,1H3/t20-,22-. The zero-order valence-electron chi connectivity index (χ0n) is 15.3. The van der Waals surface area contributed by atoms with Crippen LogP contribution in [0.3, 0.4) is 0 Å². The first-order valence-corrected chi connectivity index (χ1v) is 9.49. The number of nitriles is 1. The fraction of sp³-hybridized carbons (Fsp3) is 0.391. The predicted molar refractivity (Wildman–Crippen MR) is 102 cm³/mol. The molecule has 2 aromatic carbocycles. The van der Waals surface area contributed by atoms with E-state index in [1.165, 1.54) is 17.5 Å². The Labute approximate surface area is 155 Å². The van der Waals surface area contributed by atoms with Crippen LogP contribution in [-0.2, 0) is 11.2 Å². The monoisotopic (exact) mass is 347 g/mol. The average molecular weight is 347 g/mol. The summed E-state index contributed by atoms with van der Waals surface area (Å²) in [4.78, 5) is 12.3. The van der Waals surface area contributed by atoms with Crippen LogP contribution in [0.15, 0.2) is 48.5 Å². The van der Waals surface area contributed by atoms with Gasteiger partial charge in [0.1, 0.15) is 6.10 Å². The lowest BCUT2D eigenvalue weighted by Gasteiger charge is -2.28. The number of carbonyl (C=O) groups is 1. The second-order valence-electron chi connectivity index (χ2n) is 7.06. The van der Waals surface area contributed by atoms with Crippen LogP contribution in [0.2, 0.25) is 0 Å². The molecule has 134 valence electrons. The quantitative estimate of drug-likeness (QED) is 0.681. The summed E-state index contributed by atoms with van der Waals surface area (Å²) < 4.78 is 5.66. The summed E-state index contributed by atoms with van der Waals surface area (Å²) in [5, 5.41) is 8.82. The van der Waals surface area contributed by atoms with Gasteiger partial charge in [-0.2, -0.15) is 5.26 Å². The van der Waals surface area contributed by atoms with Gasteiger partial charge in [0, 0.05) is 0 Å². The topological polar surface area (TPSA) is 50.1 Å². The Morgan fingerprint density at radius 3 is 2.27 bits per heavy atom. The molecule has 3 nitrogen and oxygen atoms in total. The van der Waals surface area contributed by atoms with Crippen LogP contribution < -0.4 is 0 Å². The number of benzene rings is 2. The van der Waals surface area contributed by atoms with E-state index in [-0.39, 0.29) is 12.1 Å². The van der Waals surface area contributed by atoms with Crippen LogP contribution in [0, 0.1) is 11.3 Å². The van der Waals surface area contributed by atoms with Crippen molar-refractivity contribution in [1.29, 1.82) is 5.26 Å². The summed E-state index contributed by atoms with van der Waals surface area (Å²) in [7, 11) is 0. The van der Waals surface area contributed by atoms with Gasteiger partial charge in [-0.05, 0) is 73.4 Å². The highest BCUT2D eigenvalue weighted by Gasteiger charge is 2.25. The van der Waals surface area contributed by atoms with Gasteiger partial charge < -0.3 is 4.74 Å². The molecule has 0 amide bonds. The minimum Gasteiger partial charge on any atom is -0.459 e. The smallest absolute Gasteiger partial charge is 0.338 e. The lowest BCUT2D eigenvalue weighted by atomic mass is 9.82. The van der Waals surface area contributed by atoms with E-state index in [1.54, 1.807) is 24.3 Å². The number of nitrogens with zero attached hydrogens (tertiary/aromatic N) is 1. The third kappa shape index (κ3) is 4.52. The molecule has 0 atom stereocenters. The molecule has 1 fully saturated rings. The fourth-order valence-electron chi connectivity index (χ4n) is 3.66. The molecule has 0 spiro atoms. The van der Waals surface area contributed by atoms with Crippen LogP contribution >= 0.6 is 0 Å². The largest absolute Gasteiger partial charge is 0.459 e. The number of carbonyl (C=O) groups excluding carboxylic acids is 1. The number of ether oxygens (including phenoxy) is 1. The molecule has 0 heterocycles. The molecule has 0 bridgehead atoms. The summed E-state index contributed by atoms with van der Waals surface area (Å²) in [5.41, 5.74) is 3.87. The Bertz CT molecular complexity index is 763. The minimum absolute atomic E-state index is 0.00578. The lowest BCUT2D eigenvalue weighted by molar-refractivity contribution is 0.0195. The molecule has 0 saturated heterocycles. The predicted octanol–water partition coefficient (Wildman–Crippen LogP) is 5.39. The Kier molecular flexibility index (Phi) is 6.07. The number of aryl methyl sites for hydroxylation is 1. The zero-order chi connectivity index (χ0) is 18.4. The van der Waals surface area contributed by atoms with E-state index in [1.807, 2.05) is 0 Å². The Hall–Kier alpha value is -2.60. The summed E-state index contributed by atoms with van der Waals surface area (Å²) in [6.07, 6.45) is 6.23. The highest BCUT2D eigenvalue weighted by molar-refractivity contribution is 5.89. The third-order valence-electron chi connectivity index (χ3n) is 5.19. The van der Waals surface area contributed by atoms with Gasteiger partial charge in [-0.1, -0.05) is 37.6 Å². The van der Waals surface area contributed by atoms with Crippen LogP contribution in [-0.4, -0.2) is 12.1 Å². The van der Waals surface area contributed by atoms with Gasteiger partial charge in [0.2, 0.25) is 0 Å². The van der Waals surface area contributed by atoms with Crippen LogP contribution in [0.25, 0.3) is 0 Å². The van der Waals surface area contributed by atoms with E-state index >= 15 is 0 Å². The van der Waals surface area contributed by atoms with E-state index in [9.17, 15) is 4.79 Å². The molecular formula is C23H25NO2. The molecule has 0 aromatic heterocycles. The molecule has 3 rings (SSSR count). The van der Waals surface area contributed by atoms with E-state index in [0.717, 1.165) is 32.1 Å². The van der Waals surface area contributed by atoms with Crippen molar-refractivity contribution in [3.63, 3.8) is 0 Å². The molecule has 2 aromatic rings. The average Bonchev–Trinajstić information content (AvgIpc) is 2.69. The van der Waals surface area contributed by atoms with Gasteiger partial charge in [0.15, 0.2) is 0 Å². The SMILES string of the molecule is CCCc1ccc([C@H]2CC[C@H](OC(=O)c3ccc(C#N)cc3)CC2)cc1. The van der Waals surface area contributed by atoms with Crippen LogP contribution in [0.1, 0.15) is 72.0 Å². The van der Waals surface area contributed by atoms with Gasteiger partial charge in [-0.3, -0.25) is 0 Å². The minimum atomic E-state index is -0.290. The maximum atomic E-state index is 12.3. The third-order valence-corrected chi connectivity index (χ3v) is 5.19. The first-order chi connectivity index (χ1) is 12.7. The molecule has 0 unspecified atom stereocenters. The van der Waals surface area contributed by atoms with Crippen LogP contribution in [0.5, 0.6) is 0 Å². The molecule has 0 aliphatic heterocycles. The van der Waals surface area contributed by atoms with Crippen molar-refractivity contribution in [2.24, 2.45) is 0 Å². The summed E-state index contributed by atoms with van der Waals surface area (Å²) in [5.74, 6) is 0.275. The van der Waals surface area contributed by atoms with Gasteiger partial charge >= 0.3 is 5.97 Å². The molecule has 1 aliphatic rings. The van der Waals surface area contributed by atoms with Crippen molar-refractivity contribution >= 4 is 5.97 Å². The highest BCUT2D eigenvalue weighted by atomic mass is 16.5. The molecule has 1 saturated carbocycles. The number of esters is 1. The molecule has 3 heteroatoms. The zero-order valence-corrected chi connectivity index (χ0v) is 15.3. The van der Waals surface area contributed by atoms with E-state index in [2.05, 4.69) is 37.3 Å². The highest BCUT2D eigenvalue weighted by Crippen LogP contribution is 2.34. The first kappa shape index (κ1) is 18.2. The van der Waals surface area contributed by atoms with E-state index in [0.29, 0.717) is 17.0 Å². The Morgan fingerprint density at radius 1 is 1.04 bits per heavy atom. The van der Waals surface area contributed by atoms with Crippen molar-refractivity contribution < 1.29 is 9.53 Å². The van der Waals surface area contributed by atoms with Gasteiger partial charge in [0.25, 0.3) is 0 Å². The molecular weight excluding hydrogens is 322 g/mol. The number of hydrogen-bond acceptors (Lipinski definition) is 3. The normalized spacial score (nSPS) is 19.5. The van der Waals surface area contributed by atoms with Crippen LogP contribution in [0.4, 0.5) is 0 Å². The number of hydrogen-bond donors (Lipinski definition) is 0. The maximum absolute atomic E-state index is 12.3. The van der Waals surface area contributed by atoms with Crippen molar-refractivity contribution in [2.75, 3.05) is 0 Å². The number of rotatable bonds is 5. The van der Waals surface area contributed by atoms with Crippen molar-refractivity contribution in [3.05, 3.63) is 70.8 Å². The summed E-state index contributed by atoms with van der Waals surface area (Å²) in [6.45, 7) is 2.20. The Balaban J connectivity index is 1.51. The Morgan fingerprint density at radius 2 is 1.69 bits per heavy atom. The summed E-state index contributed by atoms with van der Waals surface area (Å²) >= 11 is 0. The molecule has 26 heavy (non-hydrogen) atoms. The molecule has 0 N–H and O–H groups in total. The lowest BCUT2D eigenvalue weighted by Crippen LogP contribution is -2.24. The molecule has 1 aliphatic carbocycles. The van der Waals surface area contributed by atoms with E-state index in [4.69, 9.17) is 10.00 Å². The molecule has 0 radical (unpaired) electrons. The second kappa shape index (κ2) is 8.67. The van der Waals surface area contributed by atoms with Crippen molar-refractivity contribution in [1.82, 2.24) is 0 Å². The van der Waals surface area contributed by atoms with Gasteiger partial charge in [-0.25, -0.2) is 4.79 Å². The van der Waals surface area contributed by atoms with Gasteiger partial charge in [-0.15, -0.1) is 0 Å². The summed E-state index contributed by atoms with van der Waals surface area (Å²) in [6, 6.07) is 17.7. The fourth-order valence-corrected chi connectivity index (χ4v) is 3.66. The van der Waals surface area contributed by atoms with Crippen molar-refractivity contribution in [3.8, 4) is 6.07 Å².